The predicted molar refractivity (Wildman–Crippen MR) is 110 cm³/mol. The normalized spacial score (nSPS) is 22.9. The number of aromatic nitrogens is 2. The molecule has 0 N–H and O–H groups in total. The van der Waals surface area contributed by atoms with Gasteiger partial charge < -0.3 is 4.90 Å². The Labute approximate surface area is 167 Å². The van der Waals surface area contributed by atoms with E-state index in [-0.39, 0.29) is 5.91 Å². The number of likely N-dealkylation sites (tertiary alicyclic amines) is 1. The molecule has 2 heterocycles. The van der Waals surface area contributed by atoms with Crippen LogP contribution in [-0.4, -0.2) is 44.8 Å². The van der Waals surface area contributed by atoms with Crippen LogP contribution in [0.25, 0.3) is 0 Å². The minimum Gasteiger partial charge on any atom is -0.335 e. The van der Waals surface area contributed by atoms with Gasteiger partial charge in [-0.1, -0.05) is 24.3 Å². The standard InChI is InChI=1S/C23H30N4O/c1-18(28)27(16-19-14-24-17-25-15-19)21-8-5-12-26(13-11-21)23-10-4-7-20-6-2-3-9-22(20)23/h2-3,6,9,14-15,17,21,23H,4-5,7-8,10-13,16H2,1H3/t21-,23+/m0/s1. The van der Waals surface area contributed by atoms with Crippen molar-refractivity contribution in [2.75, 3.05) is 13.1 Å². The summed E-state index contributed by atoms with van der Waals surface area (Å²) < 4.78 is 0. The highest BCUT2D eigenvalue weighted by Gasteiger charge is 2.30. The molecule has 5 heteroatoms. The molecule has 1 fully saturated rings. The van der Waals surface area contributed by atoms with Crippen molar-refractivity contribution in [3.05, 3.63) is 59.7 Å². The number of aryl methyl sites for hydroxylation is 1. The molecule has 148 valence electrons. The van der Waals surface area contributed by atoms with Crippen LogP contribution in [0.3, 0.4) is 0 Å². The summed E-state index contributed by atoms with van der Waals surface area (Å²) in [5.74, 6) is 0.144. The Morgan fingerprint density at radius 3 is 2.75 bits per heavy atom. The molecule has 1 aromatic carbocycles. The number of benzene rings is 1. The molecule has 0 radical (unpaired) electrons. The molecule has 0 saturated carbocycles. The third kappa shape index (κ3) is 4.25. The third-order valence-electron chi connectivity index (χ3n) is 6.32. The first-order valence-electron chi connectivity index (χ1n) is 10.6. The average Bonchev–Trinajstić information content (AvgIpc) is 2.98. The molecule has 2 atom stereocenters. The van der Waals surface area contributed by atoms with Crippen LogP contribution in [0.5, 0.6) is 0 Å². The highest BCUT2D eigenvalue weighted by Crippen LogP contribution is 2.35. The van der Waals surface area contributed by atoms with E-state index < -0.39 is 0 Å². The SMILES string of the molecule is CC(=O)N(Cc1cncnc1)[C@H]1CCCN([C@@H]2CCCc3ccccc32)CC1. The van der Waals surface area contributed by atoms with Crippen molar-refractivity contribution in [1.29, 1.82) is 0 Å². The second kappa shape index (κ2) is 8.82. The molecule has 28 heavy (non-hydrogen) atoms. The molecule has 1 amide bonds. The number of hydrogen-bond acceptors (Lipinski definition) is 4. The molecular formula is C23H30N4O. The predicted octanol–water partition coefficient (Wildman–Crippen LogP) is 3.76. The smallest absolute Gasteiger partial charge is 0.219 e. The summed E-state index contributed by atoms with van der Waals surface area (Å²) in [6.07, 6.45) is 12.1. The van der Waals surface area contributed by atoms with Crippen molar-refractivity contribution in [2.45, 2.75) is 64.1 Å². The summed E-state index contributed by atoms with van der Waals surface area (Å²) in [5, 5.41) is 0. The van der Waals surface area contributed by atoms with E-state index in [1.54, 1.807) is 6.92 Å². The maximum Gasteiger partial charge on any atom is 0.219 e. The maximum absolute atomic E-state index is 12.4. The lowest BCUT2D eigenvalue weighted by Gasteiger charge is -2.35. The lowest BCUT2D eigenvalue weighted by Crippen LogP contribution is -2.39. The van der Waals surface area contributed by atoms with Crippen LogP contribution in [0.4, 0.5) is 0 Å². The summed E-state index contributed by atoms with van der Waals surface area (Å²) in [5.41, 5.74) is 4.05. The molecule has 0 unspecified atom stereocenters. The second-order valence-corrected chi connectivity index (χ2v) is 8.12. The lowest BCUT2D eigenvalue weighted by molar-refractivity contribution is -0.132. The van der Waals surface area contributed by atoms with Gasteiger partial charge in [0, 0.05) is 50.1 Å². The number of carbonyl (C=O) groups excluding carboxylic acids is 1. The first kappa shape index (κ1) is 19.1. The Balaban J connectivity index is 1.45. The van der Waals surface area contributed by atoms with E-state index >= 15 is 0 Å². The quantitative estimate of drug-likeness (QED) is 0.813. The van der Waals surface area contributed by atoms with Crippen molar-refractivity contribution in [2.24, 2.45) is 0 Å². The van der Waals surface area contributed by atoms with Crippen LogP contribution >= 0.6 is 0 Å². The Morgan fingerprint density at radius 2 is 1.93 bits per heavy atom. The highest BCUT2D eigenvalue weighted by molar-refractivity contribution is 5.73. The van der Waals surface area contributed by atoms with Gasteiger partial charge in [0.1, 0.15) is 6.33 Å². The third-order valence-corrected chi connectivity index (χ3v) is 6.32. The lowest BCUT2D eigenvalue weighted by atomic mass is 9.86. The summed E-state index contributed by atoms with van der Waals surface area (Å²) in [6.45, 7) is 4.46. The molecule has 2 aliphatic rings. The maximum atomic E-state index is 12.4. The molecule has 1 aromatic heterocycles. The first-order valence-corrected chi connectivity index (χ1v) is 10.6. The van der Waals surface area contributed by atoms with Gasteiger partial charge in [-0.3, -0.25) is 9.69 Å². The van der Waals surface area contributed by atoms with Gasteiger partial charge >= 0.3 is 0 Å². The van der Waals surface area contributed by atoms with Crippen LogP contribution in [0.1, 0.15) is 61.8 Å². The molecular weight excluding hydrogens is 348 g/mol. The topological polar surface area (TPSA) is 49.3 Å². The van der Waals surface area contributed by atoms with E-state index in [0.29, 0.717) is 18.6 Å². The van der Waals surface area contributed by atoms with Crippen LogP contribution in [0.2, 0.25) is 0 Å². The summed E-state index contributed by atoms with van der Waals surface area (Å²) in [4.78, 5) is 25.3. The van der Waals surface area contributed by atoms with E-state index in [9.17, 15) is 4.79 Å². The van der Waals surface area contributed by atoms with Gasteiger partial charge in [0.2, 0.25) is 5.91 Å². The number of fused-ring (bicyclic) bond motifs is 1. The first-order chi connectivity index (χ1) is 13.7. The van der Waals surface area contributed by atoms with Crippen molar-refractivity contribution in [3.8, 4) is 0 Å². The Morgan fingerprint density at radius 1 is 1.11 bits per heavy atom. The molecule has 0 bridgehead atoms. The van der Waals surface area contributed by atoms with Crippen molar-refractivity contribution in [3.63, 3.8) is 0 Å². The molecule has 1 aliphatic carbocycles. The van der Waals surface area contributed by atoms with Gasteiger partial charge in [0.15, 0.2) is 0 Å². The summed E-state index contributed by atoms with van der Waals surface area (Å²) in [7, 11) is 0. The molecule has 2 aromatic rings. The minimum absolute atomic E-state index is 0.144. The fourth-order valence-electron chi connectivity index (χ4n) is 4.94. The van der Waals surface area contributed by atoms with E-state index in [4.69, 9.17) is 0 Å². The fraction of sp³-hybridized carbons (Fsp3) is 0.522. The van der Waals surface area contributed by atoms with E-state index in [1.807, 2.05) is 17.3 Å². The number of amides is 1. The number of rotatable bonds is 4. The van der Waals surface area contributed by atoms with E-state index in [2.05, 4.69) is 39.1 Å². The number of carbonyl (C=O) groups is 1. The molecule has 4 rings (SSSR count). The highest BCUT2D eigenvalue weighted by atomic mass is 16.2. The Kier molecular flexibility index (Phi) is 6.01. The van der Waals surface area contributed by atoms with Crippen LogP contribution < -0.4 is 0 Å². The van der Waals surface area contributed by atoms with Crippen molar-refractivity contribution >= 4 is 5.91 Å². The zero-order chi connectivity index (χ0) is 19.3. The summed E-state index contributed by atoms with van der Waals surface area (Å²) >= 11 is 0. The van der Waals surface area contributed by atoms with Crippen LogP contribution in [0.15, 0.2) is 43.0 Å². The van der Waals surface area contributed by atoms with Gasteiger partial charge in [0.05, 0.1) is 0 Å². The zero-order valence-corrected chi connectivity index (χ0v) is 16.8. The zero-order valence-electron chi connectivity index (χ0n) is 16.8. The molecule has 1 saturated heterocycles. The van der Waals surface area contributed by atoms with E-state index in [0.717, 1.165) is 37.9 Å². The Hall–Kier alpha value is -2.27. The van der Waals surface area contributed by atoms with Crippen molar-refractivity contribution in [1.82, 2.24) is 19.8 Å². The largest absolute Gasteiger partial charge is 0.335 e. The number of hydrogen-bond donors (Lipinski definition) is 0. The fourth-order valence-corrected chi connectivity index (χ4v) is 4.94. The van der Waals surface area contributed by atoms with Crippen LogP contribution in [-0.2, 0) is 17.8 Å². The molecule has 5 nitrogen and oxygen atoms in total. The minimum atomic E-state index is 0.144. The molecule has 1 aliphatic heterocycles. The molecule has 0 spiro atoms. The average molecular weight is 379 g/mol. The van der Waals surface area contributed by atoms with Gasteiger partial charge in [-0.2, -0.15) is 0 Å². The number of nitrogens with zero attached hydrogens (tertiary/aromatic N) is 4. The van der Waals surface area contributed by atoms with Gasteiger partial charge in [-0.15, -0.1) is 0 Å². The van der Waals surface area contributed by atoms with Gasteiger partial charge in [-0.05, 0) is 56.2 Å². The van der Waals surface area contributed by atoms with Crippen molar-refractivity contribution < 1.29 is 4.79 Å². The summed E-state index contributed by atoms with van der Waals surface area (Å²) in [6, 6.07) is 9.79. The second-order valence-electron chi connectivity index (χ2n) is 8.12. The van der Waals surface area contributed by atoms with Gasteiger partial charge in [-0.25, -0.2) is 9.97 Å². The monoisotopic (exact) mass is 378 g/mol. The van der Waals surface area contributed by atoms with Gasteiger partial charge in [0.25, 0.3) is 0 Å². The van der Waals surface area contributed by atoms with E-state index in [1.165, 1.54) is 36.7 Å². The van der Waals surface area contributed by atoms with Crippen LogP contribution in [0, 0.1) is 0 Å². The Bertz CT molecular complexity index is 794.